The lowest BCUT2D eigenvalue weighted by Crippen LogP contribution is -2.45. The molecular formula is C24H24N2O5S. The van der Waals surface area contributed by atoms with Crippen molar-refractivity contribution >= 4 is 9.84 Å². The van der Waals surface area contributed by atoms with Crippen molar-refractivity contribution in [3.05, 3.63) is 72.3 Å². The molecule has 0 unspecified atom stereocenters. The number of aromatic nitrogens is 2. The molecule has 2 heterocycles. The Hall–Kier alpha value is -3.12. The van der Waals surface area contributed by atoms with Crippen LogP contribution in [0.15, 0.2) is 60.9 Å². The van der Waals surface area contributed by atoms with Gasteiger partial charge in [0.05, 0.1) is 18.1 Å². The Morgan fingerprint density at radius 1 is 1.12 bits per heavy atom. The van der Waals surface area contributed by atoms with Crippen molar-refractivity contribution in [3.63, 3.8) is 0 Å². The van der Waals surface area contributed by atoms with Gasteiger partial charge in [0.15, 0.2) is 9.84 Å². The minimum Gasteiger partial charge on any atom is -0.488 e. The number of sulfone groups is 1. The molecule has 2 aromatic carbocycles. The van der Waals surface area contributed by atoms with E-state index in [1.807, 2.05) is 48.5 Å². The van der Waals surface area contributed by atoms with Crippen LogP contribution in [0.1, 0.15) is 30.5 Å². The molecule has 1 aliphatic heterocycles. The number of ether oxygens (including phenoxy) is 1. The van der Waals surface area contributed by atoms with Crippen LogP contribution in [-0.2, 0) is 9.84 Å². The Morgan fingerprint density at radius 3 is 2.31 bits per heavy atom. The fourth-order valence-corrected chi connectivity index (χ4v) is 4.70. The van der Waals surface area contributed by atoms with Crippen LogP contribution >= 0.6 is 0 Å². The summed E-state index contributed by atoms with van der Waals surface area (Å²) in [7, 11) is -2.90. The molecule has 4 rings (SSSR count). The quantitative estimate of drug-likeness (QED) is 0.557. The summed E-state index contributed by atoms with van der Waals surface area (Å²) in [6.45, 7) is 1.43. The van der Waals surface area contributed by atoms with E-state index in [0.717, 1.165) is 16.7 Å². The molecule has 0 saturated carbocycles. The zero-order chi connectivity index (χ0) is 22.7. The fourth-order valence-electron chi connectivity index (χ4n) is 3.53. The van der Waals surface area contributed by atoms with Gasteiger partial charge in [-0.2, -0.15) is 0 Å². The molecule has 0 spiro atoms. The minimum atomic E-state index is -2.90. The summed E-state index contributed by atoms with van der Waals surface area (Å²) >= 11 is 0. The maximum Gasteiger partial charge on any atom is 0.157 e. The second-order valence-electron chi connectivity index (χ2n) is 7.75. The molecule has 8 heteroatoms. The standard InChI is InChI=1S/C24H24N2O5S/c1-17(28)24-25-12-13-26(24)21(14-27)9-4-18-2-5-19(6-3-18)20-7-10-22(11-8-20)31-23-15-32(29,30)16-23/h2-3,5-8,10-13,17,21,23,27-28H,14-16H2,1H3/t17-,21-/m0/s1. The zero-order valence-electron chi connectivity index (χ0n) is 17.5. The highest BCUT2D eigenvalue weighted by atomic mass is 32.2. The molecule has 7 nitrogen and oxygen atoms in total. The smallest absolute Gasteiger partial charge is 0.157 e. The number of nitrogens with zero attached hydrogens (tertiary/aromatic N) is 2. The summed E-state index contributed by atoms with van der Waals surface area (Å²) in [5.74, 6) is 7.38. The Balaban J connectivity index is 1.43. The van der Waals surface area contributed by atoms with Gasteiger partial charge in [-0.05, 0) is 42.3 Å². The molecule has 1 aliphatic rings. The summed E-state index contributed by atoms with van der Waals surface area (Å²) in [5.41, 5.74) is 2.82. The van der Waals surface area contributed by atoms with Crippen molar-refractivity contribution in [1.82, 2.24) is 9.55 Å². The van der Waals surface area contributed by atoms with Gasteiger partial charge in [-0.15, -0.1) is 0 Å². The molecule has 0 aliphatic carbocycles. The molecule has 2 atom stereocenters. The highest BCUT2D eigenvalue weighted by molar-refractivity contribution is 7.92. The molecule has 1 fully saturated rings. The van der Waals surface area contributed by atoms with E-state index in [9.17, 15) is 18.6 Å². The van der Waals surface area contributed by atoms with Gasteiger partial charge in [-0.1, -0.05) is 36.1 Å². The first-order valence-electron chi connectivity index (χ1n) is 10.3. The first-order chi connectivity index (χ1) is 15.3. The Labute approximate surface area is 187 Å². The van der Waals surface area contributed by atoms with Gasteiger partial charge in [0.25, 0.3) is 0 Å². The second kappa shape index (κ2) is 9.17. The maximum absolute atomic E-state index is 11.2. The largest absolute Gasteiger partial charge is 0.488 e. The van der Waals surface area contributed by atoms with Crippen LogP contribution in [0.3, 0.4) is 0 Å². The third-order valence-electron chi connectivity index (χ3n) is 5.22. The predicted molar refractivity (Wildman–Crippen MR) is 121 cm³/mol. The number of rotatable bonds is 6. The van der Waals surface area contributed by atoms with Gasteiger partial charge in [0.2, 0.25) is 0 Å². The van der Waals surface area contributed by atoms with E-state index in [-0.39, 0.29) is 24.2 Å². The third-order valence-corrected chi connectivity index (χ3v) is 6.98. The number of aliphatic hydroxyl groups is 2. The molecule has 3 aromatic rings. The van der Waals surface area contributed by atoms with E-state index in [0.29, 0.717) is 11.6 Å². The van der Waals surface area contributed by atoms with Gasteiger partial charge in [0.1, 0.15) is 29.8 Å². The van der Waals surface area contributed by atoms with E-state index in [2.05, 4.69) is 16.8 Å². The van der Waals surface area contributed by atoms with Crippen LogP contribution in [0.5, 0.6) is 5.75 Å². The molecule has 2 N–H and O–H groups in total. The summed E-state index contributed by atoms with van der Waals surface area (Å²) in [5, 5.41) is 19.5. The molecule has 0 radical (unpaired) electrons. The van der Waals surface area contributed by atoms with Gasteiger partial charge in [-0.25, -0.2) is 13.4 Å². The molecule has 1 saturated heterocycles. The van der Waals surface area contributed by atoms with Crippen LogP contribution in [-0.4, -0.2) is 52.4 Å². The summed E-state index contributed by atoms with van der Waals surface area (Å²) < 4.78 is 29.8. The Morgan fingerprint density at radius 2 is 1.75 bits per heavy atom. The highest BCUT2D eigenvalue weighted by Gasteiger charge is 2.35. The van der Waals surface area contributed by atoms with Crippen LogP contribution in [0, 0.1) is 11.8 Å². The van der Waals surface area contributed by atoms with Crippen molar-refractivity contribution in [2.75, 3.05) is 18.1 Å². The zero-order valence-corrected chi connectivity index (χ0v) is 18.4. The van der Waals surface area contributed by atoms with E-state index < -0.39 is 22.0 Å². The average molecular weight is 453 g/mol. The number of imidazole rings is 1. The van der Waals surface area contributed by atoms with Gasteiger partial charge < -0.3 is 19.5 Å². The fraction of sp³-hybridized carbons (Fsp3) is 0.292. The Kier molecular flexibility index (Phi) is 6.33. The lowest BCUT2D eigenvalue weighted by molar-refractivity contribution is 0.176. The lowest BCUT2D eigenvalue weighted by Gasteiger charge is -2.26. The van der Waals surface area contributed by atoms with E-state index in [4.69, 9.17) is 4.74 Å². The number of hydrogen-bond donors (Lipinski definition) is 2. The molecule has 0 bridgehead atoms. The lowest BCUT2D eigenvalue weighted by atomic mass is 10.0. The normalized spacial score (nSPS) is 17.0. The first-order valence-corrected chi connectivity index (χ1v) is 12.1. The second-order valence-corrected chi connectivity index (χ2v) is 9.91. The van der Waals surface area contributed by atoms with Crippen molar-refractivity contribution in [1.29, 1.82) is 0 Å². The van der Waals surface area contributed by atoms with Crippen molar-refractivity contribution < 1.29 is 23.4 Å². The topological polar surface area (TPSA) is 102 Å². The van der Waals surface area contributed by atoms with Crippen LogP contribution in [0.4, 0.5) is 0 Å². The minimum absolute atomic E-state index is 0.0789. The van der Waals surface area contributed by atoms with Crippen molar-refractivity contribution in [3.8, 4) is 28.7 Å². The first kappa shape index (κ1) is 22.1. The number of aliphatic hydroxyl groups excluding tert-OH is 2. The average Bonchev–Trinajstić information content (AvgIpc) is 3.24. The van der Waals surface area contributed by atoms with Gasteiger partial charge in [-0.3, -0.25) is 0 Å². The van der Waals surface area contributed by atoms with Crippen LogP contribution in [0.25, 0.3) is 11.1 Å². The van der Waals surface area contributed by atoms with Gasteiger partial charge >= 0.3 is 0 Å². The van der Waals surface area contributed by atoms with Crippen LogP contribution in [0.2, 0.25) is 0 Å². The molecule has 1 aromatic heterocycles. The summed E-state index contributed by atoms with van der Waals surface area (Å²) in [6, 6.07) is 14.8. The molecule has 166 valence electrons. The highest BCUT2D eigenvalue weighted by Crippen LogP contribution is 2.25. The summed E-state index contributed by atoms with van der Waals surface area (Å²) in [4.78, 5) is 4.12. The monoisotopic (exact) mass is 452 g/mol. The van der Waals surface area contributed by atoms with Gasteiger partial charge in [0, 0.05) is 18.0 Å². The van der Waals surface area contributed by atoms with Crippen LogP contribution < -0.4 is 4.74 Å². The van der Waals surface area contributed by atoms with E-state index >= 15 is 0 Å². The summed E-state index contributed by atoms with van der Waals surface area (Å²) in [6.07, 6.45) is 2.26. The van der Waals surface area contributed by atoms with Crippen molar-refractivity contribution in [2.45, 2.75) is 25.2 Å². The maximum atomic E-state index is 11.2. The number of hydrogen-bond acceptors (Lipinski definition) is 6. The van der Waals surface area contributed by atoms with Crippen molar-refractivity contribution in [2.24, 2.45) is 0 Å². The third kappa shape index (κ3) is 5.02. The molecule has 32 heavy (non-hydrogen) atoms. The Bertz CT molecular complexity index is 1220. The SMILES string of the molecule is C[C@H](O)c1nccn1[C@@H](C#Cc1ccc(-c2ccc(OC3CS(=O)(=O)C3)cc2)cc1)CO. The molecule has 0 amide bonds. The predicted octanol–water partition coefficient (Wildman–Crippen LogP) is 2.36. The number of benzene rings is 2. The molecular weight excluding hydrogens is 428 g/mol. The van der Waals surface area contributed by atoms with E-state index in [1.165, 1.54) is 0 Å². The van der Waals surface area contributed by atoms with E-state index in [1.54, 1.807) is 23.9 Å².